The molecule has 1 atom stereocenters. The molecule has 0 spiro atoms. The average molecular weight is 226 g/mol. The fraction of sp³-hybridized carbons (Fsp3) is 0.875. The number of carbonyl (C=O) groups excluding carboxylic acids is 1. The molecule has 0 aromatic carbocycles. The van der Waals surface area contributed by atoms with Crippen LogP contribution in [0.4, 0.5) is 0 Å². The Kier molecular flexibility index (Phi) is 3.44. The second kappa shape index (κ2) is 4.03. The molecule has 0 aromatic rings. The second-order valence-electron chi connectivity index (χ2n) is 3.48. The summed E-state index contributed by atoms with van der Waals surface area (Å²) in [6, 6.07) is 0. The molecule has 0 aliphatic carbocycles. The van der Waals surface area contributed by atoms with E-state index in [1.165, 1.54) is 6.92 Å². The molecule has 0 aromatic heterocycles. The van der Waals surface area contributed by atoms with E-state index in [1.54, 1.807) is 4.90 Å². The molecule has 0 radical (unpaired) electrons. The van der Waals surface area contributed by atoms with E-state index in [1.807, 2.05) is 0 Å². The van der Waals surface area contributed by atoms with Gasteiger partial charge in [0, 0.05) is 25.6 Å². The van der Waals surface area contributed by atoms with E-state index in [4.69, 9.17) is 28.3 Å². The lowest BCUT2D eigenvalue weighted by Gasteiger charge is -2.22. The highest BCUT2D eigenvalue weighted by Crippen LogP contribution is 2.26. The Hall–Kier alpha value is 0.01000. The van der Waals surface area contributed by atoms with Gasteiger partial charge >= 0.3 is 0 Å². The first-order valence-corrected chi connectivity index (χ1v) is 4.99. The normalized spacial score (nSPS) is 23.7. The number of rotatable bonds is 2. The zero-order valence-corrected chi connectivity index (χ0v) is 8.98. The molecule has 1 heterocycles. The molecule has 5 heteroatoms. The Balaban J connectivity index is 2.52. The summed E-state index contributed by atoms with van der Waals surface area (Å²) in [5.41, 5.74) is 0. The minimum Gasteiger partial charge on any atom is -0.396 e. The number of hydrogen-bond donors (Lipinski definition) is 1. The van der Waals surface area contributed by atoms with Crippen LogP contribution in [0.5, 0.6) is 0 Å². The maximum atomic E-state index is 11.5. The fourth-order valence-electron chi connectivity index (χ4n) is 1.44. The molecule has 1 amide bonds. The smallest absolute Gasteiger partial charge is 0.258 e. The van der Waals surface area contributed by atoms with Crippen molar-refractivity contribution in [2.24, 2.45) is 5.92 Å². The summed E-state index contributed by atoms with van der Waals surface area (Å²) in [6.45, 7) is 2.78. The predicted molar refractivity (Wildman–Crippen MR) is 51.9 cm³/mol. The zero-order chi connectivity index (χ0) is 10.1. The van der Waals surface area contributed by atoms with Gasteiger partial charge < -0.3 is 10.0 Å². The van der Waals surface area contributed by atoms with Crippen LogP contribution in [0.15, 0.2) is 0 Å². The van der Waals surface area contributed by atoms with Crippen molar-refractivity contribution in [2.75, 3.05) is 19.7 Å². The number of amides is 1. The van der Waals surface area contributed by atoms with Gasteiger partial charge in [-0.2, -0.15) is 0 Å². The minimum absolute atomic E-state index is 0.116. The van der Waals surface area contributed by atoms with Crippen molar-refractivity contribution in [3.63, 3.8) is 0 Å². The summed E-state index contributed by atoms with van der Waals surface area (Å²) in [5, 5.41) is 8.86. The van der Waals surface area contributed by atoms with Gasteiger partial charge in [-0.25, -0.2) is 0 Å². The third kappa shape index (κ3) is 2.73. The van der Waals surface area contributed by atoms with E-state index < -0.39 is 4.33 Å². The lowest BCUT2D eigenvalue weighted by Crippen LogP contribution is -2.39. The van der Waals surface area contributed by atoms with Gasteiger partial charge in [0.15, 0.2) is 4.33 Å². The average Bonchev–Trinajstić information content (AvgIpc) is 2.48. The molecule has 1 N–H and O–H groups in total. The van der Waals surface area contributed by atoms with Crippen molar-refractivity contribution in [3.05, 3.63) is 0 Å². The van der Waals surface area contributed by atoms with E-state index in [0.717, 1.165) is 6.42 Å². The largest absolute Gasteiger partial charge is 0.396 e. The molecule has 0 unspecified atom stereocenters. The number of hydrogen-bond acceptors (Lipinski definition) is 2. The minimum atomic E-state index is -1.34. The highest BCUT2D eigenvalue weighted by molar-refractivity contribution is 6.57. The van der Waals surface area contributed by atoms with Crippen LogP contribution in [0.3, 0.4) is 0 Å². The molecular weight excluding hydrogens is 213 g/mol. The third-order valence-corrected chi connectivity index (χ3v) is 2.53. The Morgan fingerprint density at radius 2 is 2.31 bits per heavy atom. The molecule has 76 valence electrons. The summed E-state index contributed by atoms with van der Waals surface area (Å²) < 4.78 is -1.34. The van der Waals surface area contributed by atoms with Crippen LogP contribution in [-0.2, 0) is 4.79 Å². The molecule has 0 saturated carbocycles. The molecule has 1 saturated heterocycles. The van der Waals surface area contributed by atoms with Gasteiger partial charge in [0.05, 0.1) is 0 Å². The van der Waals surface area contributed by atoms with Crippen molar-refractivity contribution in [3.8, 4) is 0 Å². The first-order chi connectivity index (χ1) is 5.95. The van der Waals surface area contributed by atoms with Crippen LogP contribution in [0.1, 0.15) is 13.3 Å². The first kappa shape index (κ1) is 11.1. The maximum Gasteiger partial charge on any atom is 0.258 e. The zero-order valence-electron chi connectivity index (χ0n) is 7.46. The van der Waals surface area contributed by atoms with Gasteiger partial charge in [-0.3, -0.25) is 4.79 Å². The molecule has 3 nitrogen and oxygen atoms in total. The van der Waals surface area contributed by atoms with Crippen LogP contribution in [-0.4, -0.2) is 39.9 Å². The quantitative estimate of drug-likeness (QED) is 0.714. The summed E-state index contributed by atoms with van der Waals surface area (Å²) in [5.74, 6) is -0.0913. The third-order valence-electron chi connectivity index (χ3n) is 2.21. The lowest BCUT2D eigenvalue weighted by atomic mass is 10.1. The highest BCUT2D eigenvalue weighted by atomic mass is 35.5. The second-order valence-corrected chi connectivity index (χ2v) is 5.18. The van der Waals surface area contributed by atoms with Crippen LogP contribution >= 0.6 is 23.2 Å². The number of likely N-dealkylation sites (tertiary alicyclic amines) is 1. The van der Waals surface area contributed by atoms with Crippen molar-refractivity contribution < 1.29 is 9.90 Å². The van der Waals surface area contributed by atoms with Crippen molar-refractivity contribution in [1.29, 1.82) is 0 Å². The highest BCUT2D eigenvalue weighted by Gasteiger charge is 2.35. The van der Waals surface area contributed by atoms with Crippen LogP contribution < -0.4 is 0 Å². The molecule has 1 aliphatic heterocycles. The Morgan fingerprint density at radius 1 is 1.69 bits per heavy atom. The number of alkyl halides is 2. The molecule has 1 aliphatic rings. The van der Waals surface area contributed by atoms with Crippen molar-refractivity contribution in [2.45, 2.75) is 17.7 Å². The standard InChI is InChI=1S/C8H13Cl2NO2/c1-8(9,10)7(13)11-3-2-6(4-11)5-12/h6,12H,2-5H2,1H3/t6-/m1/s1. The SMILES string of the molecule is CC(Cl)(Cl)C(=O)N1CC[C@@H](CO)C1. The van der Waals surface area contributed by atoms with Crippen LogP contribution in [0.25, 0.3) is 0 Å². The number of carbonyl (C=O) groups is 1. The summed E-state index contributed by atoms with van der Waals surface area (Å²) >= 11 is 11.3. The van der Waals surface area contributed by atoms with E-state index in [9.17, 15) is 4.79 Å². The summed E-state index contributed by atoms with van der Waals surface area (Å²) in [4.78, 5) is 13.1. The van der Waals surface area contributed by atoms with E-state index in [0.29, 0.717) is 13.1 Å². The Morgan fingerprint density at radius 3 is 2.69 bits per heavy atom. The lowest BCUT2D eigenvalue weighted by molar-refractivity contribution is -0.130. The van der Waals surface area contributed by atoms with E-state index in [-0.39, 0.29) is 18.4 Å². The first-order valence-electron chi connectivity index (χ1n) is 4.23. The molecule has 1 fully saturated rings. The maximum absolute atomic E-state index is 11.5. The van der Waals surface area contributed by atoms with Gasteiger partial charge in [-0.05, 0) is 13.3 Å². The Bertz CT molecular complexity index is 203. The fourth-order valence-corrected chi connectivity index (χ4v) is 1.68. The number of aliphatic hydroxyl groups is 1. The topological polar surface area (TPSA) is 40.5 Å². The Labute approximate surface area is 87.6 Å². The molecule has 1 rings (SSSR count). The predicted octanol–water partition coefficient (Wildman–Crippen LogP) is 1.02. The van der Waals surface area contributed by atoms with Gasteiger partial charge in [-0.15, -0.1) is 0 Å². The van der Waals surface area contributed by atoms with E-state index >= 15 is 0 Å². The van der Waals surface area contributed by atoms with Crippen molar-refractivity contribution in [1.82, 2.24) is 4.90 Å². The van der Waals surface area contributed by atoms with Gasteiger partial charge in [-0.1, -0.05) is 23.2 Å². The van der Waals surface area contributed by atoms with Gasteiger partial charge in [0.25, 0.3) is 5.91 Å². The van der Waals surface area contributed by atoms with Gasteiger partial charge in [0.1, 0.15) is 0 Å². The monoisotopic (exact) mass is 225 g/mol. The number of halogens is 2. The number of aliphatic hydroxyl groups excluding tert-OH is 1. The van der Waals surface area contributed by atoms with Crippen LogP contribution in [0.2, 0.25) is 0 Å². The van der Waals surface area contributed by atoms with Crippen molar-refractivity contribution >= 4 is 29.1 Å². The summed E-state index contributed by atoms with van der Waals surface area (Å²) in [7, 11) is 0. The molecule has 0 bridgehead atoms. The van der Waals surface area contributed by atoms with Crippen LogP contribution in [0, 0.1) is 5.92 Å². The summed E-state index contributed by atoms with van der Waals surface area (Å²) in [6.07, 6.45) is 0.825. The van der Waals surface area contributed by atoms with E-state index in [2.05, 4.69) is 0 Å². The molecule has 13 heavy (non-hydrogen) atoms. The van der Waals surface area contributed by atoms with Gasteiger partial charge in [0.2, 0.25) is 0 Å². The number of nitrogens with zero attached hydrogens (tertiary/aromatic N) is 1. The molecular formula is C8H13Cl2NO2.